The van der Waals surface area contributed by atoms with Crippen LogP contribution in [0.1, 0.15) is 11.1 Å². The van der Waals surface area contributed by atoms with E-state index >= 15 is 4.39 Å². The quantitative estimate of drug-likeness (QED) is 0.173. The van der Waals surface area contributed by atoms with E-state index in [0.29, 0.717) is 45.3 Å². The van der Waals surface area contributed by atoms with E-state index in [1.165, 1.54) is 6.07 Å². The molecule has 7 aromatic carbocycles. The Morgan fingerprint density at radius 1 is 0.444 bits per heavy atom. The van der Waals surface area contributed by atoms with Crippen LogP contribution in [0, 0.1) is 28.5 Å². The van der Waals surface area contributed by atoms with Gasteiger partial charge in [-0.3, -0.25) is 0 Å². The second kappa shape index (κ2) is 13.4. The van der Waals surface area contributed by atoms with Gasteiger partial charge >= 0.3 is 0 Å². The van der Waals surface area contributed by atoms with Gasteiger partial charge in [0.25, 0.3) is 0 Å². The topological polar surface area (TPSA) is 91.2 Å². The SMILES string of the molecule is N#Cc1ccc(-c2ccc3c4ccccc4n(-c4ccc(-c5ccccc5F)c(-c5nc(-c6ccccc6)nc(-c6ccccc6)n5)c4)c3c2)c(C#N)c1. The fraction of sp³-hybridized carbons (Fsp3) is 0. The summed E-state index contributed by atoms with van der Waals surface area (Å²) >= 11 is 0. The van der Waals surface area contributed by atoms with E-state index in [4.69, 9.17) is 15.0 Å². The Morgan fingerprint density at radius 2 is 1.07 bits per heavy atom. The Morgan fingerprint density at radius 3 is 1.78 bits per heavy atom. The van der Waals surface area contributed by atoms with Gasteiger partial charge in [-0.2, -0.15) is 10.5 Å². The number of rotatable bonds is 6. The van der Waals surface area contributed by atoms with Crippen molar-refractivity contribution in [2.75, 3.05) is 0 Å². The lowest BCUT2D eigenvalue weighted by Crippen LogP contribution is -2.03. The van der Waals surface area contributed by atoms with Crippen molar-refractivity contribution in [3.8, 4) is 74.2 Å². The minimum Gasteiger partial charge on any atom is -0.309 e. The van der Waals surface area contributed by atoms with Crippen LogP contribution in [-0.4, -0.2) is 19.5 Å². The lowest BCUT2D eigenvalue weighted by molar-refractivity contribution is 0.631. The predicted molar refractivity (Wildman–Crippen MR) is 211 cm³/mol. The second-order valence-corrected chi connectivity index (χ2v) is 12.8. The fourth-order valence-corrected chi connectivity index (χ4v) is 7.07. The molecule has 0 fully saturated rings. The highest BCUT2D eigenvalue weighted by molar-refractivity contribution is 6.10. The standard InChI is InChI=1S/C47H27FN6/c48-42-17-9-7-15-38(42)37-24-21-35(27-41(37)47-52-45(31-11-3-1-4-12-31)51-46(53-47)32-13-5-2-6-14-32)54-43-18-10-8-16-39(43)40-23-20-33(26-44(40)54)36-22-19-30(28-49)25-34(36)29-50/h1-27H. The number of benzene rings is 7. The molecule has 0 radical (unpaired) electrons. The molecule has 6 nitrogen and oxygen atoms in total. The first-order valence-electron chi connectivity index (χ1n) is 17.3. The van der Waals surface area contributed by atoms with Crippen LogP contribution in [0.4, 0.5) is 4.39 Å². The Balaban J connectivity index is 1.33. The van der Waals surface area contributed by atoms with Gasteiger partial charge in [0.15, 0.2) is 17.5 Å². The Labute approximate surface area is 310 Å². The highest BCUT2D eigenvalue weighted by Gasteiger charge is 2.21. The van der Waals surface area contributed by atoms with Crippen molar-refractivity contribution in [3.05, 3.63) is 181 Å². The third kappa shape index (κ3) is 5.63. The van der Waals surface area contributed by atoms with Crippen LogP contribution in [0.2, 0.25) is 0 Å². The van der Waals surface area contributed by atoms with Gasteiger partial charge in [0.05, 0.1) is 34.3 Å². The largest absolute Gasteiger partial charge is 0.309 e. The van der Waals surface area contributed by atoms with Gasteiger partial charge in [-0.05, 0) is 59.2 Å². The zero-order chi connectivity index (χ0) is 36.6. The molecule has 9 rings (SSSR count). The molecule has 7 heteroatoms. The van der Waals surface area contributed by atoms with Crippen molar-refractivity contribution in [1.82, 2.24) is 19.5 Å². The molecule has 252 valence electrons. The summed E-state index contributed by atoms with van der Waals surface area (Å²) in [4.78, 5) is 15.0. The van der Waals surface area contributed by atoms with Crippen molar-refractivity contribution < 1.29 is 4.39 Å². The molecule has 0 atom stereocenters. The van der Waals surface area contributed by atoms with Gasteiger partial charge in [-0.25, -0.2) is 19.3 Å². The second-order valence-electron chi connectivity index (χ2n) is 12.8. The van der Waals surface area contributed by atoms with E-state index in [2.05, 4.69) is 41.0 Å². The molecule has 2 aromatic heterocycles. The molecule has 0 saturated heterocycles. The smallest absolute Gasteiger partial charge is 0.164 e. The molecule has 0 aliphatic carbocycles. The van der Waals surface area contributed by atoms with Gasteiger partial charge in [0, 0.05) is 38.7 Å². The van der Waals surface area contributed by atoms with Crippen molar-refractivity contribution >= 4 is 21.8 Å². The maximum Gasteiger partial charge on any atom is 0.164 e. The third-order valence-electron chi connectivity index (χ3n) is 9.62. The molecule has 0 spiro atoms. The summed E-state index contributed by atoms with van der Waals surface area (Å²) in [5.41, 5.74) is 8.49. The van der Waals surface area contributed by atoms with Crippen LogP contribution < -0.4 is 0 Å². The van der Waals surface area contributed by atoms with Crippen LogP contribution in [-0.2, 0) is 0 Å². The van der Waals surface area contributed by atoms with E-state index in [9.17, 15) is 10.5 Å². The first-order chi connectivity index (χ1) is 26.6. The van der Waals surface area contributed by atoms with Gasteiger partial charge in [0.2, 0.25) is 0 Å². The maximum atomic E-state index is 15.7. The van der Waals surface area contributed by atoms with Crippen LogP contribution in [0.25, 0.3) is 83.9 Å². The number of aromatic nitrogens is 4. The van der Waals surface area contributed by atoms with Crippen molar-refractivity contribution in [1.29, 1.82) is 10.5 Å². The number of para-hydroxylation sites is 1. The van der Waals surface area contributed by atoms with E-state index < -0.39 is 0 Å². The predicted octanol–water partition coefficient (Wildman–Crippen LogP) is 11.2. The minimum absolute atomic E-state index is 0.357. The summed E-state index contributed by atoms with van der Waals surface area (Å²) in [6, 6.07) is 56.1. The molecular formula is C47H27FN6. The van der Waals surface area contributed by atoms with Crippen LogP contribution >= 0.6 is 0 Å². The van der Waals surface area contributed by atoms with Crippen LogP contribution in [0.3, 0.4) is 0 Å². The first kappa shape index (κ1) is 32.2. The molecule has 2 heterocycles. The molecule has 0 amide bonds. The van der Waals surface area contributed by atoms with E-state index in [-0.39, 0.29) is 5.82 Å². The molecular weight excluding hydrogens is 668 g/mol. The van der Waals surface area contributed by atoms with Gasteiger partial charge in [-0.15, -0.1) is 0 Å². The Kier molecular flexibility index (Phi) is 8.00. The van der Waals surface area contributed by atoms with Gasteiger partial charge in [0.1, 0.15) is 5.82 Å². The normalized spacial score (nSPS) is 11.0. The third-order valence-corrected chi connectivity index (χ3v) is 9.62. The lowest BCUT2D eigenvalue weighted by atomic mass is 9.97. The number of hydrogen-bond donors (Lipinski definition) is 0. The zero-order valence-corrected chi connectivity index (χ0v) is 28.6. The molecule has 0 unspecified atom stereocenters. The molecule has 0 aliphatic heterocycles. The number of halogens is 1. The summed E-state index contributed by atoms with van der Waals surface area (Å²) in [5.74, 6) is 1.05. The Hall–Kier alpha value is -7.74. The molecule has 0 saturated carbocycles. The molecule has 0 bridgehead atoms. The molecule has 0 aliphatic rings. The van der Waals surface area contributed by atoms with Crippen molar-refractivity contribution in [2.24, 2.45) is 0 Å². The highest BCUT2D eigenvalue weighted by atomic mass is 19.1. The Bertz CT molecular complexity index is 2920. The summed E-state index contributed by atoms with van der Waals surface area (Å²) < 4.78 is 17.8. The average Bonchev–Trinajstić information content (AvgIpc) is 3.57. The van der Waals surface area contributed by atoms with E-state index in [1.807, 2.05) is 109 Å². The first-order valence-corrected chi connectivity index (χ1v) is 17.3. The van der Waals surface area contributed by atoms with Gasteiger partial charge in [-0.1, -0.05) is 121 Å². The van der Waals surface area contributed by atoms with Crippen molar-refractivity contribution in [2.45, 2.75) is 0 Å². The number of nitriles is 2. The van der Waals surface area contributed by atoms with Crippen LogP contribution in [0.5, 0.6) is 0 Å². The molecule has 9 aromatic rings. The van der Waals surface area contributed by atoms with Gasteiger partial charge < -0.3 is 4.57 Å². The summed E-state index contributed by atoms with van der Waals surface area (Å²) in [5, 5.41) is 21.6. The molecule has 54 heavy (non-hydrogen) atoms. The maximum absolute atomic E-state index is 15.7. The summed E-state index contributed by atoms with van der Waals surface area (Å²) in [6.07, 6.45) is 0. The summed E-state index contributed by atoms with van der Waals surface area (Å²) in [6.45, 7) is 0. The number of fused-ring (bicyclic) bond motifs is 3. The number of nitrogens with zero attached hydrogens (tertiary/aromatic N) is 6. The number of hydrogen-bond acceptors (Lipinski definition) is 5. The summed E-state index contributed by atoms with van der Waals surface area (Å²) in [7, 11) is 0. The van der Waals surface area contributed by atoms with Crippen molar-refractivity contribution in [3.63, 3.8) is 0 Å². The van der Waals surface area contributed by atoms with E-state index in [0.717, 1.165) is 49.7 Å². The minimum atomic E-state index is -0.357. The molecule has 0 N–H and O–H groups in total. The fourth-order valence-electron chi connectivity index (χ4n) is 7.07. The average molecular weight is 695 g/mol. The van der Waals surface area contributed by atoms with Crippen LogP contribution in [0.15, 0.2) is 164 Å². The van der Waals surface area contributed by atoms with E-state index in [1.54, 1.807) is 24.3 Å². The lowest BCUT2D eigenvalue weighted by Gasteiger charge is -2.16. The highest BCUT2D eigenvalue weighted by Crippen LogP contribution is 2.39. The monoisotopic (exact) mass is 694 g/mol. The zero-order valence-electron chi connectivity index (χ0n) is 28.6.